The average molecular weight is 367 g/mol. The Labute approximate surface area is 150 Å². The number of carbonyl (C=O) groups is 2. The molecule has 1 N–H and O–H groups in total. The van der Waals surface area contributed by atoms with E-state index >= 15 is 0 Å². The zero-order chi connectivity index (χ0) is 17.5. The highest BCUT2D eigenvalue weighted by Crippen LogP contribution is 2.26. The molecule has 0 radical (unpaired) electrons. The molecule has 0 bridgehead atoms. The first kappa shape index (κ1) is 18.4. The monoisotopic (exact) mass is 366 g/mol. The Morgan fingerprint density at radius 2 is 2.21 bits per heavy atom. The van der Waals surface area contributed by atoms with Gasteiger partial charge in [0.1, 0.15) is 5.01 Å². The lowest BCUT2D eigenvalue weighted by molar-refractivity contribution is -0.124. The molecule has 2 rings (SSSR count). The van der Waals surface area contributed by atoms with Crippen LogP contribution in [0.2, 0.25) is 5.02 Å². The van der Waals surface area contributed by atoms with Crippen molar-refractivity contribution in [3.05, 3.63) is 40.4 Å². The lowest BCUT2D eigenvalue weighted by Gasteiger charge is -2.12. The van der Waals surface area contributed by atoms with Gasteiger partial charge in [0, 0.05) is 22.0 Å². The van der Waals surface area contributed by atoms with E-state index in [0.717, 1.165) is 18.4 Å². The number of carbonyl (C=O) groups excluding carboxylic acids is 2. The molecule has 1 heterocycles. The Kier molecular flexibility index (Phi) is 6.75. The van der Waals surface area contributed by atoms with Crippen LogP contribution in [0.5, 0.6) is 0 Å². The second-order valence-corrected chi connectivity index (χ2v) is 6.68. The van der Waals surface area contributed by atoms with E-state index in [1.54, 1.807) is 17.5 Å². The molecule has 0 aliphatic heterocycles. The minimum absolute atomic E-state index is 0.0647. The molecular weight excluding hydrogens is 348 g/mol. The van der Waals surface area contributed by atoms with Gasteiger partial charge in [-0.25, -0.2) is 9.78 Å². The zero-order valence-electron chi connectivity index (χ0n) is 13.5. The van der Waals surface area contributed by atoms with Gasteiger partial charge in [0.05, 0.1) is 0 Å². The van der Waals surface area contributed by atoms with Gasteiger partial charge in [-0.2, -0.15) is 0 Å². The fourth-order valence-electron chi connectivity index (χ4n) is 2.15. The maximum Gasteiger partial charge on any atom is 0.358 e. The van der Waals surface area contributed by atoms with Crippen LogP contribution in [-0.4, -0.2) is 29.5 Å². The highest BCUT2D eigenvalue weighted by atomic mass is 35.5. The summed E-state index contributed by atoms with van der Waals surface area (Å²) < 4.78 is 5.01. The standard InChI is InChI=1S/C17H19ClN2O3S/c1-3-5-11(2)19-15(21)9-23-17(22)14-10-24-16(20-14)12-6-4-7-13(18)8-12/h4,6-8,10-11H,3,5,9H2,1-2H3,(H,19,21)/t11-/m0/s1. The van der Waals surface area contributed by atoms with E-state index in [0.29, 0.717) is 10.0 Å². The van der Waals surface area contributed by atoms with E-state index in [4.69, 9.17) is 16.3 Å². The van der Waals surface area contributed by atoms with E-state index in [-0.39, 0.29) is 24.2 Å². The van der Waals surface area contributed by atoms with Crippen LogP contribution in [0.15, 0.2) is 29.6 Å². The molecule has 0 unspecified atom stereocenters. The normalized spacial score (nSPS) is 11.8. The van der Waals surface area contributed by atoms with Crippen LogP contribution in [0.3, 0.4) is 0 Å². The van der Waals surface area contributed by atoms with E-state index < -0.39 is 5.97 Å². The van der Waals surface area contributed by atoms with Crippen LogP contribution in [0.1, 0.15) is 37.2 Å². The van der Waals surface area contributed by atoms with Crippen LogP contribution in [0.25, 0.3) is 10.6 Å². The van der Waals surface area contributed by atoms with Crippen LogP contribution in [0.4, 0.5) is 0 Å². The quantitative estimate of drug-likeness (QED) is 0.754. The van der Waals surface area contributed by atoms with Crippen molar-refractivity contribution in [1.82, 2.24) is 10.3 Å². The van der Waals surface area contributed by atoms with E-state index in [2.05, 4.69) is 10.3 Å². The summed E-state index contributed by atoms with van der Waals surface area (Å²) in [6.07, 6.45) is 1.86. The summed E-state index contributed by atoms with van der Waals surface area (Å²) in [4.78, 5) is 27.9. The van der Waals surface area contributed by atoms with Crippen molar-refractivity contribution in [2.75, 3.05) is 6.61 Å². The fraction of sp³-hybridized carbons (Fsp3) is 0.353. The number of nitrogens with zero attached hydrogens (tertiary/aromatic N) is 1. The molecule has 7 heteroatoms. The van der Waals surface area contributed by atoms with E-state index in [9.17, 15) is 9.59 Å². The zero-order valence-corrected chi connectivity index (χ0v) is 15.1. The second kappa shape index (κ2) is 8.80. The predicted molar refractivity (Wildman–Crippen MR) is 95.4 cm³/mol. The predicted octanol–water partition coefficient (Wildman–Crippen LogP) is 3.93. The average Bonchev–Trinajstić information content (AvgIpc) is 3.03. The lowest BCUT2D eigenvalue weighted by atomic mass is 10.2. The Morgan fingerprint density at radius 3 is 2.92 bits per heavy atom. The molecule has 0 aliphatic carbocycles. The third-order valence-corrected chi connectivity index (χ3v) is 4.37. The minimum atomic E-state index is -0.613. The molecule has 0 saturated carbocycles. The first-order valence-electron chi connectivity index (χ1n) is 7.67. The Balaban J connectivity index is 1.91. The summed E-state index contributed by atoms with van der Waals surface area (Å²) in [5, 5.41) is 5.66. The molecule has 0 spiro atoms. The van der Waals surface area contributed by atoms with Gasteiger partial charge in [-0.15, -0.1) is 11.3 Å². The van der Waals surface area contributed by atoms with Crippen molar-refractivity contribution in [2.24, 2.45) is 0 Å². The molecule has 1 aromatic carbocycles. The van der Waals surface area contributed by atoms with E-state index in [1.165, 1.54) is 11.3 Å². The number of aromatic nitrogens is 1. The topological polar surface area (TPSA) is 68.3 Å². The van der Waals surface area contributed by atoms with Gasteiger partial charge in [0.15, 0.2) is 12.3 Å². The molecule has 1 aromatic heterocycles. The number of hydrogen-bond donors (Lipinski definition) is 1. The van der Waals surface area contributed by atoms with Crippen molar-refractivity contribution in [3.63, 3.8) is 0 Å². The third-order valence-electron chi connectivity index (χ3n) is 3.25. The number of benzene rings is 1. The number of ether oxygens (including phenoxy) is 1. The van der Waals surface area contributed by atoms with Gasteiger partial charge in [-0.1, -0.05) is 37.1 Å². The van der Waals surface area contributed by atoms with Gasteiger partial charge in [0.25, 0.3) is 5.91 Å². The summed E-state index contributed by atoms with van der Waals surface area (Å²) in [5.41, 5.74) is 1.02. The first-order chi connectivity index (χ1) is 11.5. The van der Waals surface area contributed by atoms with E-state index in [1.807, 2.05) is 26.0 Å². The second-order valence-electron chi connectivity index (χ2n) is 5.38. The maximum absolute atomic E-state index is 12.0. The lowest BCUT2D eigenvalue weighted by Crippen LogP contribution is -2.35. The van der Waals surface area contributed by atoms with Gasteiger partial charge in [-0.3, -0.25) is 4.79 Å². The van der Waals surface area contributed by atoms with Crippen molar-refractivity contribution in [3.8, 4) is 10.6 Å². The van der Waals surface area contributed by atoms with Gasteiger partial charge < -0.3 is 10.1 Å². The third kappa shape index (κ3) is 5.32. The Hall–Kier alpha value is -1.92. The van der Waals surface area contributed by atoms with Crippen molar-refractivity contribution in [1.29, 1.82) is 0 Å². The van der Waals surface area contributed by atoms with Crippen molar-refractivity contribution < 1.29 is 14.3 Å². The molecule has 24 heavy (non-hydrogen) atoms. The Bertz CT molecular complexity index is 717. The van der Waals surface area contributed by atoms with Crippen molar-refractivity contribution >= 4 is 34.8 Å². The first-order valence-corrected chi connectivity index (χ1v) is 8.93. The minimum Gasteiger partial charge on any atom is -0.451 e. The molecule has 0 aliphatic rings. The largest absolute Gasteiger partial charge is 0.451 e. The van der Waals surface area contributed by atoms with Crippen LogP contribution in [-0.2, 0) is 9.53 Å². The number of halogens is 1. The fourth-order valence-corrected chi connectivity index (χ4v) is 3.12. The molecular formula is C17H19ClN2O3S. The summed E-state index contributed by atoms with van der Waals surface area (Å²) in [5.74, 6) is -0.924. The number of nitrogens with one attached hydrogen (secondary N) is 1. The van der Waals surface area contributed by atoms with Gasteiger partial charge in [0.2, 0.25) is 0 Å². The maximum atomic E-state index is 12.0. The van der Waals surface area contributed by atoms with Crippen molar-refractivity contribution in [2.45, 2.75) is 32.7 Å². The number of hydrogen-bond acceptors (Lipinski definition) is 5. The van der Waals surface area contributed by atoms with Crippen LogP contribution < -0.4 is 5.32 Å². The highest BCUT2D eigenvalue weighted by molar-refractivity contribution is 7.13. The number of amides is 1. The molecule has 2 aromatic rings. The van der Waals surface area contributed by atoms with Crippen LogP contribution >= 0.6 is 22.9 Å². The van der Waals surface area contributed by atoms with Crippen LogP contribution in [0, 0.1) is 0 Å². The molecule has 1 amide bonds. The molecule has 0 saturated heterocycles. The number of rotatable bonds is 7. The smallest absolute Gasteiger partial charge is 0.358 e. The summed E-state index contributed by atoms with van der Waals surface area (Å²) in [6, 6.07) is 7.29. The van der Waals surface area contributed by atoms with Gasteiger partial charge >= 0.3 is 5.97 Å². The SMILES string of the molecule is CCC[C@H](C)NC(=O)COC(=O)c1csc(-c2cccc(Cl)c2)n1. The molecule has 1 atom stereocenters. The summed E-state index contributed by atoms with van der Waals surface area (Å²) in [7, 11) is 0. The highest BCUT2D eigenvalue weighted by Gasteiger charge is 2.15. The molecule has 128 valence electrons. The number of esters is 1. The molecule has 0 fully saturated rings. The number of thiazole rings is 1. The summed E-state index contributed by atoms with van der Waals surface area (Å²) in [6.45, 7) is 3.65. The Morgan fingerprint density at radius 1 is 1.42 bits per heavy atom. The molecule has 5 nitrogen and oxygen atoms in total. The summed E-state index contributed by atoms with van der Waals surface area (Å²) >= 11 is 7.27. The van der Waals surface area contributed by atoms with Gasteiger partial charge in [-0.05, 0) is 25.5 Å².